The molecule has 14 aliphatic rings. The third kappa shape index (κ3) is 15.3. The molecule has 12 N–H and O–H groups in total. The minimum absolute atomic E-state index is 0. The number of rotatable bonds is 18. The molecule has 11 fully saturated rings. The zero-order valence-electron chi connectivity index (χ0n) is 76.3. The number of nitrogen functional groups attached to an aromatic ring is 2. The molecule has 2 aliphatic heterocycles. The topological polar surface area (TPSA) is 398 Å². The quantitative estimate of drug-likeness (QED) is 0.0217. The Morgan fingerprint density at radius 2 is 0.766 bits per heavy atom. The number of ketones is 6. The Labute approximate surface area is 789 Å². The summed E-state index contributed by atoms with van der Waals surface area (Å²) in [5.41, 5.74) is -2.31. The summed E-state index contributed by atoms with van der Waals surface area (Å²) in [6.45, 7) is 9.97. The van der Waals surface area contributed by atoms with Gasteiger partial charge in [0.25, 0.3) is 0 Å². The SMILES string of the molecule is C.C[C@]12C=CC(=O)C=C1[C@@H](F)C[C@H]1[C@@H]3C[C@@H](O)[C@](O)(C(=O)CO)[C@@]3(C)C[C@H](O)[C@@]12F.C[C@]12C=CC(=O)C=C1[C@@H](F)C[C@H]1[C@@H]3C[C@H]4O[C@@H](c5ccc(COc6cccc(N)c6)cc5)O[C@@]4(C(=O)CO)[C@@]3(C)C[C@H](O)[C@@]12F.C[C@]12C=CC(=O)C=C1[C@@H](F)C[C@H]1[C@@H]3C[C@H]4O[C@H](c5ccc(COc6cccc(N)c6)cc5)O[C@@]4(C(=O)CO)[C@@]3(C)C[C@H](O)[C@@]12F.Cc1cccc(OCc2ccc(C=O)cc2)c1. The summed E-state index contributed by atoms with van der Waals surface area (Å²) in [4.78, 5) is 86.3. The second-order valence-corrected chi connectivity index (χ2v) is 40.6. The number of nitrogens with two attached hydrogens (primary N) is 2. The molecule has 30 heteroatoms. The number of carbonyl (C=O) groups excluding carboxylic acids is 7. The van der Waals surface area contributed by atoms with E-state index < -0.39 is 224 Å². The molecule has 6 aromatic rings. The number of allylic oxidation sites excluding steroid dienone is 12. The van der Waals surface area contributed by atoms with E-state index >= 15 is 26.3 Å². The normalized spacial score (nSPS) is 39.8. The van der Waals surface area contributed by atoms with Crippen LogP contribution in [0.3, 0.4) is 0 Å². The molecule has 20 rings (SSSR count). The van der Waals surface area contributed by atoms with E-state index in [1.165, 1.54) is 63.6 Å². The number of carbonyl (C=O) groups is 7. The van der Waals surface area contributed by atoms with E-state index in [4.69, 9.17) is 44.6 Å². The maximum atomic E-state index is 17.5. The largest absolute Gasteiger partial charge is 0.489 e. The summed E-state index contributed by atoms with van der Waals surface area (Å²) >= 11 is 0. The van der Waals surface area contributed by atoms with Gasteiger partial charge in [-0.2, -0.15) is 0 Å². The molecule has 29 atom stereocenters. The van der Waals surface area contributed by atoms with Gasteiger partial charge in [0.2, 0.25) is 0 Å². The number of hydrogen-bond acceptors (Lipinski definition) is 24. The first-order chi connectivity index (χ1) is 64.4. The Kier molecular flexibility index (Phi) is 26.4. The number of fused-ring (bicyclic) bond motifs is 19. The summed E-state index contributed by atoms with van der Waals surface area (Å²) < 4.78 is 142. The van der Waals surface area contributed by atoms with Crippen molar-refractivity contribution in [2.24, 2.45) is 68.0 Å². The first kappa shape index (κ1) is 99.6. The van der Waals surface area contributed by atoms with Gasteiger partial charge in [-0.1, -0.05) is 143 Å². The lowest BCUT2D eigenvalue weighted by molar-refractivity contribution is -0.235. The molecule has 0 amide bonds. The summed E-state index contributed by atoms with van der Waals surface area (Å²) in [6, 6.07) is 44.2. The van der Waals surface area contributed by atoms with Gasteiger partial charge < -0.3 is 85.5 Å². The van der Waals surface area contributed by atoms with E-state index in [0.29, 0.717) is 59.4 Å². The van der Waals surface area contributed by atoms with Gasteiger partial charge in [-0.15, -0.1) is 0 Å². The van der Waals surface area contributed by atoms with Crippen LogP contribution < -0.4 is 25.7 Å². The van der Waals surface area contributed by atoms with Crippen molar-refractivity contribution < 1.29 is 134 Å². The van der Waals surface area contributed by atoms with Crippen LogP contribution in [0, 0.1) is 74.9 Å². The number of anilines is 2. The van der Waals surface area contributed by atoms with E-state index in [9.17, 15) is 74.4 Å². The average molecular weight is 1900 g/mol. The van der Waals surface area contributed by atoms with Crippen LogP contribution >= 0.6 is 0 Å². The minimum atomic E-state index is -2.37. The van der Waals surface area contributed by atoms with Gasteiger partial charge in [0.1, 0.15) is 81.7 Å². The highest BCUT2D eigenvalue weighted by molar-refractivity contribution is 6.03. The van der Waals surface area contributed by atoms with Gasteiger partial charge in [0.05, 0.1) is 36.6 Å². The van der Waals surface area contributed by atoms with E-state index in [0.717, 1.165) is 53.0 Å². The Morgan fingerprint density at radius 1 is 0.438 bits per heavy atom. The minimum Gasteiger partial charge on any atom is -0.489 e. The standard InChI is InChI=1S/2C35H37F2NO7.C21H26F2O6.C15H14O2.CH4/c2*1-32-11-10-22(40)13-26(32)27(36)14-25-24-15-30-35(29(42)17-39,33(24,2)16-28(41)34(25,32)37)45-31(44-30)20-8-6-19(7-9-20)18-43-23-5-3-4-21(38)12-23;1-18-4-3-10(25)5-13(18)14(22)6-12-11-7-15(26)21(29,17(28)9-24)19(11,2)8-16(27)20(12,18)23;1-12-3-2-4-15(9-12)17-11-14-7-5-13(10-16)6-8-14;/h2*3-13,24-25,27-28,30-31,39,41H,14-18,38H2,1-2H3;3-5,11-12,14-16,24,26-27,29H,6-9H2,1-2H3;2-10H,11H2,1H3;1H4/t24-,25-,27-,28-,30+,31+,32-,33-,34-,35+;24-,25-,27-,28-,30+,31-,32-,33-,34-,35+;11-,12-,14-,15+,16-,18-,19-,20-,21-;;/m000../s1. The van der Waals surface area contributed by atoms with Gasteiger partial charge in [0, 0.05) is 90.4 Å². The van der Waals surface area contributed by atoms with Crippen molar-refractivity contribution in [3.8, 4) is 17.2 Å². The number of Topliss-reactive ketones (excluding diaryl/α,β-unsaturated/α-hetero) is 3. The number of aryl methyl sites for hydroxylation is 1. The van der Waals surface area contributed by atoms with Crippen LogP contribution in [-0.2, 0) is 67.5 Å². The monoisotopic (exact) mass is 1900 g/mol. The van der Waals surface area contributed by atoms with E-state index in [-0.39, 0.29) is 81.9 Å². The van der Waals surface area contributed by atoms with Crippen LogP contribution in [0.4, 0.5) is 37.7 Å². The first-order valence-corrected chi connectivity index (χ1v) is 46.2. The van der Waals surface area contributed by atoms with Gasteiger partial charge in [-0.3, -0.25) is 33.6 Å². The van der Waals surface area contributed by atoms with Crippen LogP contribution in [0.1, 0.15) is 163 Å². The Morgan fingerprint density at radius 3 is 1.10 bits per heavy atom. The molecule has 137 heavy (non-hydrogen) atoms. The number of alkyl halides is 6. The fourth-order valence-corrected chi connectivity index (χ4v) is 26.9. The number of aliphatic hydroxyl groups is 8. The highest BCUT2D eigenvalue weighted by Crippen LogP contribution is 2.76. The number of aldehydes is 1. The number of aliphatic hydroxyl groups excluding tert-OH is 7. The highest BCUT2D eigenvalue weighted by atomic mass is 19.2. The molecule has 0 unspecified atom stereocenters. The smallest absolute Gasteiger partial charge is 0.193 e. The summed E-state index contributed by atoms with van der Waals surface area (Å²) in [5, 5.41) is 85.6. The van der Waals surface area contributed by atoms with E-state index in [1.54, 1.807) is 62.4 Å². The molecule has 2 saturated heterocycles. The number of benzene rings is 6. The van der Waals surface area contributed by atoms with E-state index in [1.807, 2.05) is 104 Å². The predicted molar refractivity (Wildman–Crippen MR) is 489 cm³/mol. The van der Waals surface area contributed by atoms with Crippen molar-refractivity contribution in [3.05, 3.63) is 256 Å². The molecule has 0 radical (unpaired) electrons. The van der Waals surface area contributed by atoms with Crippen LogP contribution in [0.2, 0.25) is 0 Å². The third-order valence-corrected chi connectivity index (χ3v) is 33.8. The van der Waals surface area contributed by atoms with Crippen LogP contribution in [0.5, 0.6) is 17.2 Å². The summed E-state index contributed by atoms with van der Waals surface area (Å²) in [7, 11) is 0. The molecule has 730 valence electrons. The molecule has 6 aromatic carbocycles. The fraction of sp³-hybridized carbons (Fsp3) is 0.486. The zero-order chi connectivity index (χ0) is 97.5. The summed E-state index contributed by atoms with van der Waals surface area (Å²) in [5.74, 6) is -6.52. The first-order valence-electron chi connectivity index (χ1n) is 46.2. The Hall–Kier alpha value is -10.5. The maximum absolute atomic E-state index is 17.5. The zero-order valence-corrected chi connectivity index (χ0v) is 76.3. The van der Waals surface area contributed by atoms with Crippen LogP contribution in [0.25, 0.3) is 0 Å². The Balaban J connectivity index is 0.000000139. The molecule has 9 saturated carbocycles. The van der Waals surface area contributed by atoms with Gasteiger partial charge in [-0.25, -0.2) is 26.3 Å². The number of ether oxygens (including phenoxy) is 7. The third-order valence-electron chi connectivity index (χ3n) is 33.8. The van der Waals surface area contributed by atoms with Crippen LogP contribution in [-0.4, -0.2) is 191 Å². The van der Waals surface area contributed by atoms with Crippen molar-refractivity contribution in [1.82, 2.24) is 0 Å². The number of hydrogen-bond donors (Lipinski definition) is 10. The van der Waals surface area contributed by atoms with Crippen molar-refractivity contribution in [1.29, 1.82) is 0 Å². The molecular weight excluding hydrogens is 1780 g/mol. The summed E-state index contributed by atoms with van der Waals surface area (Å²) in [6.07, 6.45) is -4.41. The molecule has 0 spiro atoms. The van der Waals surface area contributed by atoms with Crippen LogP contribution in [0.15, 0.2) is 217 Å². The van der Waals surface area contributed by atoms with Gasteiger partial charge in [-0.05, 0) is 215 Å². The maximum Gasteiger partial charge on any atom is 0.193 e. The lowest BCUT2D eigenvalue weighted by atomic mass is 9.44. The molecule has 0 bridgehead atoms. The van der Waals surface area contributed by atoms with E-state index in [2.05, 4.69) is 0 Å². The van der Waals surface area contributed by atoms with Gasteiger partial charge >= 0.3 is 0 Å². The van der Waals surface area contributed by atoms with Crippen molar-refractivity contribution in [2.75, 3.05) is 31.3 Å². The number of halogens is 6. The second kappa shape index (κ2) is 36.3. The highest BCUT2D eigenvalue weighted by Gasteiger charge is 2.83. The fourth-order valence-electron chi connectivity index (χ4n) is 26.9. The average Bonchev–Trinajstić information content (AvgIpc) is 1.54. The second-order valence-electron chi connectivity index (χ2n) is 40.6. The lowest BCUT2D eigenvalue weighted by Gasteiger charge is -2.63. The van der Waals surface area contributed by atoms with Crippen molar-refractivity contribution >= 4 is 52.4 Å². The Bertz CT molecular complexity index is 5680. The molecule has 2 heterocycles. The van der Waals surface area contributed by atoms with Gasteiger partial charge in [0.15, 0.2) is 81.1 Å². The van der Waals surface area contributed by atoms with Crippen molar-refractivity contribution in [2.45, 2.75) is 235 Å². The molecule has 12 aliphatic carbocycles. The lowest BCUT2D eigenvalue weighted by Crippen LogP contribution is -2.70. The predicted octanol–water partition coefficient (Wildman–Crippen LogP) is 13.6. The molecular formula is C107H118F6N2O22. The van der Waals surface area contributed by atoms with Crippen molar-refractivity contribution in [3.63, 3.8) is 0 Å². The molecule has 24 nitrogen and oxygen atoms in total. The molecule has 0 aromatic heterocycles.